The van der Waals surface area contributed by atoms with E-state index in [-0.39, 0.29) is 12.1 Å². The number of thiophene rings is 1. The molecule has 218 valence electrons. The summed E-state index contributed by atoms with van der Waals surface area (Å²) in [7, 11) is -4.20. The first kappa shape index (κ1) is 28.9. The Morgan fingerprint density at radius 2 is 1.95 bits per heavy atom. The molecule has 4 N–H and O–H groups in total. The highest BCUT2D eigenvalue weighted by atomic mass is 32.2. The SMILES string of the molecule is Cc1ccc(C#Cc2cccc(-c3nn(-c4nc(C(N)=O)cs4)c(CC4CC4)c3Cc3ccc(S(N)(=O)=O)c(F)c3)c2)s1. The Labute approximate surface area is 256 Å². The fourth-order valence-corrected chi connectivity index (χ4v) is 6.91. The van der Waals surface area contributed by atoms with Crippen LogP contribution in [0.15, 0.2) is 64.9 Å². The number of aryl methyl sites for hydroxylation is 1. The third-order valence-electron chi connectivity index (χ3n) is 7.08. The van der Waals surface area contributed by atoms with E-state index >= 15 is 0 Å². The van der Waals surface area contributed by atoms with Gasteiger partial charge in [0.15, 0.2) is 0 Å². The van der Waals surface area contributed by atoms with Gasteiger partial charge in [-0.25, -0.2) is 27.6 Å². The van der Waals surface area contributed by atoms with Crippen LogP contribution in [0.3, 0.4) is 0 Å². The van der Waals surface area contributed by atoms with Crippen LogP contribution in [0.5, 0.6) is 0 Å². The van der Waals surface area contributed by atoms with Gasteiger partial charge < -0.3 is 5.73 Å². The van der Waals surface area contributed by atoms with Gasteiger partial charge in [-0.1, -0.05) is 30.0 Å². The minimum atomic E-state index is -4.20. The zero-order valence-corrected chi connectivity index (χ0v) is 25.5. The molecular formula is C31H26FN5O3S3. The van der Waals surface area contributed by atoms with Gasteiger partial charge >= 0.3 is 0 Å². The predicted molar refractivity (Wildman–Crippen MR) is 165 cm³/mol. The minimum absolute atomic E-state index is 0.151. The van der Waals surface area contributed by atoms with Gasteiger partial charge in [0.25, 0.3) is 5.91 Å². The van der Waals surface area contributed by atoms with E-state index in [0.29, 0.717) is 28.7 Å². The maximum atomic E-state index is 14.9. The first-order valence-electron chi connectivity index (χ1n) is 13.4. The van der Waals surface area contributed by atoms with Crippen LogP contribution in [0.1, 0.15) is 55.5 Å². The molecule has 0 spiro atoms. The summed E-state index contributed by atoms with van der Waals surface area (Å²) in [6.07, 6.45) is 3.14. The molecule has 0 bridgehead atoms. The van der Waals surface area contributed by atoms with Gasteiger partial charge in [-0.2, -0.15) is 5.10 Å². The number of halogens is 1. The molecule has 0 radical (unpaired) electrons. The highest BCUT2D eigenvalue weighted by molar-refractivity contribution is 7.89. The number of carbonyl (C=O) groups excluding carboxylic acids is 1. The van der Waals surface area contributed by atoms with Crippen LogP contribution in [0.25, 0.3) is 16.4 Å². The monoisotopic (exact) mass is 631 g/mol. The Bertz CT molecular complexity index is 2050. The second-order valence-electron chi connectivity index (χ2n) is 10.4. The third-order valence-corrected chi connectivity index (χ3v) is 9.76. The molecule has 1 amide bonds. The number of hydrogen-bond acceptors (Lipinski definition) is 7. The number of nitrogens with zero attached hydrogens (tertiary/aromatic N) is 3. The summed E-state index contributed by atoms with van der Waals surface area (Å²) in [5, 5.41) is 12.3. The molecular weight excluding hydrogens is 606 g/mol. The number of primary amides is 1. The predicted octanol–water partition coefficient (Wildman–Crippen LogP) is 5.19. The van der Waals surface area contributed by atoms with Crippen molar-refractivity contribution in [2.45, 2.75) is 37.5 Å². The molecule has 3 heterocycles. The highest BCUT2D eigenvalue weighted by Gasteiger charge is 2.29. The quantitative estimate of drug-likeness (QED) is 0.227. The van der Waals surface area contributed by atoms with E-state index in [0.717, 1.165) is 40.1 Å². The summed E-state index contributed by atoms with van der Waals surface area (Å²) in [6, 6.07) is 15.7. The Balaban J connectivity index is 1.49. The number of hydrogen-bond donors (Lipinski definition) is 2. The van der Waals surface area contributed by atoms with Crippen molar-refractivity contribution in [3.63, 3.8) is 0 Å². The van der Waals surface area contributed by atoms with Crippen molar-refractivity contribution < 1.29 is 17.6 Å². The lowest BCUT2D eigenvalue weighted by molar-refractivity contribution is 0.0996. The molecule has 2 aromatic carbocycles. The fourth-order valence-electron chi connectivity index (χ4n) is 4.81. The largest absolute Gasteiger partial charge is 0.364 e. The van der Waals surface area contributed by atoms with Gasteiger partial charge in [-0.05, 0) is 74.1 Å². The van der Waals surface area contributed by atoms with Crippen molar-refractivity contribution in [1.29, 1.82) is 0 Å². The average Bonchev–Trinajstić information content (AvgIpc) is 3.30. The Morgan fingerprint density at radius 1 is 1.14 bits per heavy atom. The number of benzene rings is 2. The zero-order chi connectivity index (χ0) is 30.3. The molecule has 12 heteroatoms. The van der Waals surface area contributed by atoms with Crippen molar-refractivity contribution in [2.24, 2.45) is 16.8 Å². The van der Waals surface area contributed by atoms with Crippen molar-refractivity contribution in [1.82, 2.24) is 14.8 Å². The molecule has 0 saturated heterocycles. The number of sulfonamides is 1. The average molecular weight is 632 g/mol. The summed E-state index contributed by atoms with van der Waals surface area (Å²) in [4.78, 5) is 17.9. The Hall–Kier alpha value is -4.15. The molecule has 1 aliphatic carbocycles. The second kappa shape index (κ2) is 11.5. The first-order valence-corrected chi connectivity index (χ1v) is 16.7. The van der Waals surface area contributed by atoms with Gasteiger partial charge in [-0.15, -0.1) is 22.7 Å². The van der Waals surface area contributed by atoms with E-state index in [1.807, 2.05) is 43.3 Å². The lowest BCUT2D eigenvalue weighted by atomic mass is 9.96. The summed E-state index contributed by atoms with van der Waals surface area (Å²) < 4.78 is 40.2. The van der Waals surface area contributed by atoms with E-state index in [4.69, 9.17) is 16.0 Å². The van der Waals surface area contributed by atoms with Crippen LogP contribution in [-0.2, 0) is 22.9 Å². The zero-order valence-electron chi connectivity index (χ0n) is 23.0. The van der Waals surface area contributed by atoms with Crippen LogP contribution >= 0.6 is 22.7 Å². The van der Waals surface area contributed by atoms with Crippen LogP contribution < -0.4 is 10.9 Å². The molecule has 3 aromatic heterocycles. The number of amides is 1. The molecule has 1 saturated carbocycles. The molecule has 1 fully saturated rings. The smallest absolute Gasteiger partial charge is 0.268 e. The summed E-state index contributed by atoms with van der Waals surface area (Å²) in [5.41, 5.74) is 10.2. The third kappa shape index (κ3) is 6.45. The van der Waals surface area contributed by atoms with Gasteiger partial charge in [-0.3, -0.25) is 4.79 Å². The van der Waals surface area contributed by atoms with E-state index in [9.17, 15) is 17.6 Å². The van der Waals surface area contributed by atoms with Gasteiger partial charge in [0.2, 0.25) is 15.2 Å². The van der Waals surface area contributed by atoms with Crippen LogP contribution in [-0.4, -0.2) is 29.1 Å². The maximum Gasteiger partial charge on any atom is 0.268 e. The van der Waals surface area contributed by atoms with E-state index in [2.05, 4.69) is 16.8 Å². The number of primary sulfonamides is 1. The van der Waals surface area contributed by atoms with Crippen LogP contribution in [0, 0.1) is 30.5 Å². The fraction of sp³-hybridized carbons (Fsp3) is 0.194. The lowest BCUT2D eigenvalue weighted by Crippen LogP contribution is -2.14. The molecule has 8 nitrogen and oxygen atoms in total. The van der Waals surface area contributed by atoms with Crippen molar-refractivity contribution in [2.75, 3.05) is 0 Å². The summed E-state index contributed by atoms with van der Waals surface area (Å²) >= 11 is 2.89. The van der Waals surface area contributed by atoms with Crippen molar-refractivity contribution in [3.05, 3.63) is 104 Å². The topological polar surface area (TPSA) is 134 Å². The molecule has 0 aliphatic heterocycles. The number of nitrogens with two attached hydrogens (primary N) is 2. The number of thiazole rings is 1. The molecule has 6 rings (SSSR count). The van der Waals surface area contributed by atoms with Crippen LogP contribution in [0.2, 0.25) is 0 Å². The van der Waals surface area contributed by atoms with E-state index < -0.39 is 26.6 Å². The molecule has 43 heavy (non-hydrogen) atoms. The van der Waals surface area contributed by atoms with Crippen LogP contribution in [0.4, 0.5) is 4.39 Å². The minimum Gasteiger partial charge on any atom is -0.364 e. The summed E-state index contributed by atoms with van der Waals surface area (Å²) in [5.74, 6) is 5.38. The number of carbonyl (C=O) groups is 1. The van der Waals surface area contributed by atoms with Gasteiger partial charge in [0, 0.05) is 33.4 Å². The second-order valence-corrected chi connectivity index (χ2v) is 14.1. The maximum absolute atomic E-state index is 14.9. The Kier molecular flexibility index (Phi) is 7.74. The van der Waals surface area contributed by atoms with Crippen molar-refractivity contribution in [3.8, 4) is 28.2 Å². The first-order chi connectivity index (χ1) is 20.5. The number of rotatable bonds is 8. The molecule has 1 aliphatic rings. The normalized spacial score (nSPS) is 13.1. The molecule has 5 aromatic rings. The number of aromatic nitrogens is 3. The van der Waals surface area contributed by atoms with Crippen molar-refractivity contribution >= 4 is 38.6 Å². The summed E-state index contributed by atoms with van der Waals surface area (Å²) in [6.45, 7) is 2.04. The Morgan fingerprint density at radius 3 is 2.60 bits per heavy atom. The lowest BCUT2D eigenvalue weighted by Gasteiger charge is -2.10. The van der Waals surface area contributed by atoms with E-state index in [1.54, 1.807) is 27.5 Å². The van der Waals surface area contributed by atoms with Gasteiger partial charge in [0.05, 0.1) is 16.3 Å². The standard InChI is InChI=1S/C31H26FN5O3S3/c1-18-5-10-23(42-18)11-8-19-3-2-4-22(13-19)29-24(14-21-9-12-28(25(32)15-21)43(34,39)40)27(16-20-6-7-20)37(36-29)31-35-26(17-41-31)30(33)38/h2-5,9-10,12-13,15,17,20H,6-7,14,16H2,1H3,(H2,33,38)(H2,34,39,40). The molecule has 0 unspecified atom stereocenters. The van der Waals surface area contributed by atoms with E-state index in [1.165, 1.54) is 28.3 Å². The molecule has 0 atom stereocenters. The van der Waals surface area contributed by atoms with Gasteiger partial charge in [0.1, 0.15) is 16.4 Å². The highest BCUT2D eigenvalue weighted by Crippen LogP contribution is 2.38.